The Kier molecular flexibility index (Phi) is 7.54. The molecule has 3 aromatic carbocycles. The van der Waals surface area contributed by atoms with Crippen LogP contribution in [0.5, 0.6) is 0 Å². The lowest BCUT2D eigenvalue weighted by Gasteiger charge is -2.22. The lowest BCUT2D eigenvalue weighted by molar-refractivity contribution is -0.137. The predicted molar refractivity (Wildman–Crippen MR) is 140 cm³/mol. The minimum Gasteiger partial charge on any atom is -0.359 e. The molecule has 0 fully saturated rings. The Balaban J connectivity index is 1.59. The topological polar surface area (TPSA) is 56.7 Å². The first-order chi connectivity index (χ1) is 17.0. The van der Waals surface area contributed by atoms with Crippen LogP contribution in [0.2, 0.25) is 10.0 Å². The summed E-state index contributed by atoms with van der Waals surface area (Å²) in [7, 11) is 1.62. The summed E-state index contributed by atoms with van der Waals surface area (Å²) in [5, 5.41) is 6.82. The highest BCUT2D eigenvalue weighted by Crippen LogP contribution is 2.32. The van der Waals surface area contributed by atoms with E-state index in [2.05, 4.69) is 15.6 Å². The minimum absolute atomic E-state index is 0.105. The molecule has 0 saturated carbocycles. The lowest BCUT2D eigenvalue weighted by Crippen LogP contribution is -2.49. The number of alkyl halides is 3. The van der Waals surface area contributed by atoms with E-state index in [1.54, 1.807) is 43.4 Å². The molecule has 1 heterocycles. The SMILES string of the molecule is CN1C(=O)C(NC(=S)NCc2ccc(C(F)(F)F)cc2)N=C(c2ccccc2Cl)c2cc(Cl)ccc21. The van der Waals surface area contributed by atoms with Gasteiger partial charge >= 0.3 is 6.18 Å². The molecule has 0 spiro atoms. The average molecular weight is 551 g/mol. The fourth-order valence-electron chi connectivity index (χ4n) is 3.68. The van der Waals surface area contributed by atoms with Crippen LogP contribution in [0.15, 0.2) is 71.7 Å². The Morgan fingerprint density at radius 3 is 2.42 bits per heavy atom. The Hall–Kier alpha value is -3.14. The monoisotopic (exact) mass is 550 g/mol. The van der Waals surface area contributed by atoms with Gasteiger partial charge in [-0.1, -0.05) is 53.5 Å². The van der Waals surface area contributed by atoms with Crippen LogP contribution >= 0.6 is 35.4 Å². The average Bonchev–Trinajstić information content (AvgIpc) is 2.93. The number of carbonyl (C=O) groups is 1. The first kappa shape index (κ1) is 25.9. The molecule has 4 rings (SSSR count). The van der Waals surface area contributed by atoms with E-state index in [9.17, 15) is 18.0 Å². The number of nitrogens with zero attached hydrogens (tertiary/aromatic N) is 2. The standard InChI is InChI=1S/C25H19Cl2F3N4OS/c1-34-20-11-10-16(26)12-18(20)21(17-4-2-3-5-19(17)27)32-22(23(34)35)33-24(36)31-13-14-6-8-15(9-7-14)25(28,29)30/h2-12,22H,13H2,1H3,(H2,31,33,36). The number of anilines is 1. The van der Waals surface area contributed by atoms with Gasteiger partial charge in [-0.15, -0.1) is 0 Å². The molecule has 0 aromatic heterocycles. The summed E-state index contributed by atoms with van der Waals surface area (Å²) < 4.78 is 38.4. The first-order valence-corrected chi connectivity index (χ1v) is 11.8. The first-order valence-electron chi connectivity index (χ1n) is 10.7. The third kappa shape index (κ3) is 5.64. The number of hydrogen-bond acceptors (Lipinski definition) is 3. The zero-order valence-corrected chi connectivity index (χ0v) is 21.1. The second kappa shape index (κ2) is 10.5. The molecule has 2 N–H and O–H groups in total. The highest BCUT2D eigenvalue weighted by molar-refractivity contribution is 7.80. The predicted octanol–water partition coefficient (Wildman–Crippen LogP) is 5.82. The Morgan fingerprint density at radius 2 is 1.75 bits per heavy atom. The molecule has 1 aliphatic heterocycles. The van der Waals surface area contributed by atoms with E-state index in [1.165, 1.54) is 17.0 Å². The summed E-state index contributed by atoms with van der Waals surface area (Å²) in [6.07, 6.45) is -5.51. The summed E-state index contributed by atoms with van der Waals surface area (Å²) in [5.41, 5.74) is 2.13. The molecule has 0 saturated heterocycles. The number of likely N-dealkylation sites (N-methyl/N-ethyl adjacent to an activating group) is 1. The van der Waals surface area contributed by atoms with Crippen molar-refractivity contribution in [3.8, 4) is 0 Å². The fraction of sp³-hybridized carbons (Fsp3) is 0.160. The Labute approximate surface area is 220 Å². The van der Waals surface area contributed by atoms with Crippen molar-refractivity contribution in [2.45, 2.75) is 18.9 Å². The van der Waals surface area contributed by atoms with E-state index >= 15 is 0 Å². The van der Waals surface area contributed by atoms with Gasteiger partial charge in [0.2, 0.25) is 6.17 Å². The van der Waals surface area contributed by atoms with Crippen LogP contribution in [0.4, 0.5) is 18.9 Å². The fourth-order valence-corrected chi connectivity index (χ4v) is 4.26. The summed E-state index contributed by atoms with van der Waals surface area (Å²) in [6.45, 7) is 0.150. The second-order valence-corrected chi connectivity index (χ2v) is 9.19. The maximum atomic E-state index is 13.3. The molecule has 1 aliphatic rings. The third-order valence-corrected chi connectivity index (χ3v) is 6.36. The van der Waals surface area contributed by atoms with Gasteiger partial charge in [-0.05, 0) is 54.2 Å². The molecule has 0 aliphatic carbocycles. The van der Waals surface area contributed by atoms with E-state index in [-0.39, 0.29) is 17.6 Å². The number of rotatable bonds is 4. The number of carbonyl (C=O) groups excluding carboxylic acids is 1. The largest absolute Gasteiger partial charge is 0.416 e. The number of benzodiazepines with no additional fused rings is 1. The third-order valence-electron chi connectivity index (χ3n) is 5.53. The Morgan fingerprint density at radius 1 is 1.06 bits per heavy atom. The molecular weight excluding hydrogens is 532 g/mol. The molecule has 3 aromatic rings. The second-order valence-electron chi connectivity index (χ2n) is 7.94. The molecular formula is C25H19Cl2F3N4OS. The maximum Gasteiger partial charge on any atom is 0.416 e. The number of thiocarbonyl (C=S) groups is 1. The van der Waals surface area contributed by atoms with Gasteiger partial charge in [-0.3, -0.25) is 4.79 Å². The lowest BCUT2D eigenvalue weighted by atomic mass is 10.00. The van der Waals surface area contributed by atoms with Gasteiger partial charge in [-0.2, -0.15) is 13.2 Å². The molecule has 0 radical (unpaired) electrons. The number of halogens is 5. The van der Waals surface area contributed by atoms with Crippen LogP contribution < -0.4 is 15.5 Å². The van der Waals surface area contributed by atoms with Crippen molar-refractivity contribution in [1.29, 1.82) is 0 Å². The van der Waals surface area contributed by atoms with E-state index in [0.717, 1.165) is 12.1 Å². The van der Waals surface area contributed by atoms with Crippen LogP contribution in [0, 0.1) is 0 Å². The summed E-state index contributed by atoms with van der Waals surface area (Å²) in [5.74, 6) is -0.376. The van der Waals surface area contributed by atoms with E-state index in [4.69, 9.17) is 35.4 Å². The van der Waals surface area contributed by atoms with E-state index in [1.807, 2.05) is 6.07 Å². The highest BCUT2D eigenvalue weighted by atomic mass is 35.5. The molecule has 1 amide bonds. The van der Waals surface area contributed by atoms with Gasteiger partial charge in [0.15, 0.2) is 5.11 Å². The molecule has 5 nitrogen and oxygen atoms in total. The zero-order valence-electron chi connectivity index (χ0n) is 18.7. The van der Waals surface area contributed by atoms with Gasteiger partial charge in [0.05, 0.1) is 17.0 Å². The smallest absolute Gasteiger partial charge is 0.359 e. The summed E-state index contributed by atoms with van der Waals surface area (Å²) >= 11 is 18.1. The maximum absolute atomic E-state index is 13.3. The van der Waals surface area contributed by atoms with E-state index in [0.29, 0.717) is 38.1 Å². The van der Waals surface area contributed by atoms with Crippen LogP contribution in [0.1, 0.15) is 22.3 Å². The van der Waals surface area contributed by atoms with Crippen molar-refractivity contribution < 1.29 is 18.0 Å². The van der Waals surface area contributed by atoms with Crippen molar-refractivity contribution in [3.63, 3.8) is 0 Å². The summed E-state index contributed by atoms with van der Waals surface area (Å²) in [4.78, 5) is 19.4. The van der Waals surface area contributed by atoms with Gasteiger partial charge in [-0.25, -0.2) is 4.99 Å². The van der Waals surface area contributed by atoms with Crippen LogP contribution in [0.25, 0.3) is 0 Å². The molecule has 186 valence electrons. The van der Waals surface area contributed by atoms with Gasteiger partial charge in [0, 0.05) is 34.8 Å². The number of aliphatic imine (C=N–C) groups is 1. The molecule has 36 heavy (non-hydrogen) atoms. The van der Waals surface area contributed by atoms with E-state index < -0.39 is 17.9 Å². The van der Waals surface area contributed by atoms with Crippen LogP contribution in [0.3, 0.4) is 0 Å². The van der Waals surface area contributed by atoms with Crippen molar-refractivity contribution in [3.05, 3.63) is 99.0 Å². The highest BCUT2D eigenvalue weighted by Gasteiger charge is 2.32. The van der Waals surface area contributed by atoms with Gasteiger partial charge < -0.3 is 15.5 Å². The zero-order chi connectivity index (χ0) is 26.0. The van der Waals surface area contributed by atoms with Crippen LogP contribution in [-0.2, 0) is 17.5 Å². The quantitative estimate of drug-likeness (QED) is 0.402. The number of nitrogens with one attached hydrogen (secondary N) is 2. The normalized spacial score (nSPS) is 15.6. The summed E-state index contributed by atoms with van der Waals surface area (Å²) in [6, 6.07) is 16.9. The van der Waals surface area contributed by atoms with Crippen molar-refractivity contribution in [1.82, 2.24) is 10.6 Å². The molecule has 1 atom stereocenters. The number of fused-ring (bicyclic) bond motifs is 1. The Bertz CT molecular complexity index is 1350. The van der Waals surface area contributed by atoms with Crippen molar-refractivity contribution in [2.24, 2.45) is 4.99 Å². The minimum atomic E-state index is -4.41. The van der Waals surface area contributed by atoms with Crippen molar-refractivity contribution in [2.75, 3.05) is 11.9 Å². The molecule has 11 heteroatoms. The van der Waals surface area contributed by atoms with Gasteiger partial charge in [0.25, 0.3) is 5.91 Å². The number of benzene rings is 3. The van der Waals surface area contributed by atoms with Crippen molar-refractivity contribution >= 4 is 57.8 Å². The molecule has 1 unspecified atom stereocenters. The van der Waals surface area contributed by atoms with Crippen LogP contribution in [-0.4, -0.2) is 29.9 Å². The number of amides is 1. The molecule has 0 bridgehead atoms. The number of hydrogen-bond donors (Lipinski definition) is 2. The van der Waals surface area contributed by atoms with Gasteiger partial charge in [0.1, 0.15) is 0 Å².